The molecule has 1 saturated carbocycles. The molecule has 0 aromatic heterocycles. The molecule has 14 heteroatoms. The Kier molecular flexibility index (Phi) is 7.86. The van der Waals surface area contributed by atoms with Crippen molar-refractivity contribution in [3.05, 3.63) is 35.1 Å². The number of aliphatic carboxylic acids is 2. The fourth-order valence-electron chi connectivity index (χ4n) is 7.07. The van der Waals surface area contributed by atoms with Crippen LogP contribution in [0.1, 0.15) is 56.6 Å². The predicted molar refractivity (Wildman–Crippen MR) is 142 cm³/mol. The molecule has 1 fully saturated rings. The first-order valence-corrected chi connectivity index (χ1v) is 14.0. The molecule has 5 rings (SSSR count). The number of hydrogen-bond donors (Lipinski definition) is 5. The summed E-state index contributed by atoms with van der Waals surface area (Å²) in [5, 5.41) is 42.4. The van der Waals surface area contributed by atoms with E-state index in [4.69, 9.17) is 29.2 Å². The van der Waals surface area contributed by atoms with Crippen LogP contribution in [-0.4, -0.2) is 87.3 Å². The molecule has 0 saturated heterocycles. The van der Waals surface area contributed by atoms with E-state index in [0.29, 0.717) is 24.3 Å². The maximum absolute atomic E-state index is 12.9. The maximum Gasteiger partial charge on any atom is 0.340 e. The molecule has 1 aliphatic heterocycles. The number of aliphatic hydroxyl groups is 2. The first-order chi connectivity index (χ1) is 20.3. The zero-order valence-electron chi connectivity index (χ0n) is 23.5. The second kappa shape index (κ2) is 11.2. The highest BCUT2D eigenvalue weighted by Gasteiger charge is 2.71. The predicted octanol–water partition coefficient (Wildman–Crippen LogP) is 0.339. The van der Waals surface area contributed by atoms with Gasteiger partial charge in [-0.05, 0) is 56.2 Å². The van der Waals surface area contributed by atoms with Gasteiger partial charge in [0, 0.05) is 5.56 Å². The number of amides is 1. The van der Waals surface area contributed by atoms with Crippen molar-refractivity contribution in [1.29, 1.82) is 0 Å². The van der Waals surface area contributed by atoms with E-state index in [2.05, 4.69) is 0 Å². The number of aliphatic hydroxyl groups excluding tert-OH is 1. The van der Waals surface area contributed by atoms with Gasteiger partial charge in [-0.25, -0.2) is 9.59 Å². The molecule has 1 heterocycles. The lowest BCUT2D eigenvalue weighted by Gasteiger charge is -2.59. The van der Waals surface area contributed by atoms with Crippen LogP contribution in [0.3, 0.4) is 0 Å². The number of carboxylic acid groups (broad SMARTS) is 2. The Morgan fingerprint density at radius 1 is 1.16 bits per heavy atom. The zero-order chi connectivity index (χ0) is 31.3. The van der Waals surface area contributed by atoms with Crippen molar-refractivity contribution in [1.82, 2.24) is 5.32 Å². The van der Waals surface area contributed by atoms with E-state index < -0.39 is 78.0 Å². The largest absolute Gasteiger partial charge is 0.493 e. The number of nitrogens with one attached hydrogen (secondary N) is 1. The number of carbonyl (C=O) groups excluding carboxylic acids is 3. The summed E-state index contributed by atoms with van der Waals surface area (Å²) in [4.78, 5) is 59.5. The summed E-state index contributed by atoms with van der Waals surface area (Å²) >= 11 is 0. The number of benzene rings is 1. The fraction of sp³-hybridized carbons (Fsp3) is 0.552. The van der Waals surface area contributed by atoms with E-state index in [1.54, 1.807) is 6.08 Å². The molecule has 1 amide bonds. The molecule has 1 spiro atoms. The van der Waals surface area contributed by atoms with Gasteiger partial charge in [0.1, 0.15) is 11.8 Å². The van der Waals surface area contributed by atoms with Crippen molar-refractivity contribution in [3.8, 4) is 11.5 Å². The molecular weight excluding hydrogens is 570 g/mol. The lowest BCUT2D eigenvalue weighted by molar-refractivity contribution is -0.168. The molecule has 1 aromatic rings. The third-order valence-corrected chi connectivity index (χ3v) is 8.99. The molecule has 14 nitrogen and oxygen atoms in total. The number of methoxy groups -OCH3 is 1. The van der Waals surface area contributed by atoms with Crippen LogP contribution < -0.4 is 14.8 Å². The average Bonchev–Trinajstić information content (AvgIpc) is 3.28. The van der Waals surface area contributed by atoms with Crippen LogP contribution in [0.2, 0.25) is 0 Å². The normalized spacial score (nSPS) is 28.1. The standard InChI is InChI=1S/C29H33NO13/c1-13(25(35)30-16(26(36)37)11-20(32)33)41-21(34)12-17(31)27(38)42-19-7-9-29(39)15-4-3-8-28(29)22-14(10-15)5-6-18(40-2)23(22)43-24(19)28/h5-7,13,15-17,24,31,39H,3-4,8-12H2,1-2H3,(H,30,35)(H,32,33)(H,36,37)/t13-,15-,16-,17-,24+,28+,29-/m0/s1. The summed E-state index contributed by atoms with van der Waals surface area (Å²) in [6.07, 6.45) is -1.50. The van der Waals surface area contributed by atoms with Gasteiger partial charge in [-0.1, -0.05) is 12.5 Å². The zero-order valence-corrected chi connectivity index (χ0v) is 23.5. The summed E-state index contributed by atoms with van der Waals surface area (Å²) in [5.74, 6) is -5.44. The van der Waals surface area contributed by atoms with E-state index in [1.165, 1.54) is 7.11 Å². The minimum atomic E-state index is -1.99. The molecule has 3 aliphatic carbocycles. The molecule has 1 aromatic carbocycles. The third kappa shape index (κ3) is 4.97. The molecule has 5 N–H and O–H groups in total. The number of esters is 2. The second-order valence-electron chi connectivity index (χ2n) is 11.4. The van der Waals surface area contributed by atoms with Gasteiger partial charge >= 0.3 is 23.9 Å². The number of carboxylic acids is 2. The Morgan fingerprint density at radius 2 is 1.91 bits per heavy atom. The van der Waals surface area contributed by atoms with E-state index >= 15 is 0 Å². The van der Waals surface area contributed by atoms with Crippen LogP contribution in [0.25, 0.3) is 0 Å². The Morgan fingerprint density at radius 3 is 2.58 bits per heavy atom. The molecule has 2 bridgehead atoms. The molecule has 4 aliphatic rings. The quantitative estimate of drug-likeness (QED) is 0.216. The van der Waals surface area contributed by atoms with E-state index in [9.17, 15) is 34.2 Å². The molecular formula is C29H33NO13. The molecule has 0 radical (unpaired) electrons. The number of ether oxygens (including phenoxy) is 4. The van der Waals surface area contributed by atoms with Crippen molar-refractivity contribution in [2.24, 2.45) is 5.92 Å². The monoisotopic (exact) mass is 603 g/mol. The van der Waals surface area contributed by atoms with Gasteiger partial charge in [0.15, 0.2) is 29.8 Å². The minimum Gasteiger partial charge on any atom is -0.493 e. The number of hydrogen-bond acceptors (Lipinski definition) is 11. The van der Waals surface area contributed by atoms with Crippen molar-refractivity contribution in [2.45, 2.75) is 87.2 Å². The average molecular weight is 604 g/mol. The topological polar surface area (TPSA) is 215 Å². The van der Waals surface area contributed by atoms with Gasteiger partial charge < -0.3 is 44.7 Å². The highest BCUT2D eigenvalue weighted by atomic mass is 16.6. The van der Waals surface area contributed by atoms with Gasteiger partial charge in [-0.2, -0.15) is 0 Å². The molecule has 43 heavy (non-hydrogen) atoms. The molecule has 0 unspecified atom stereocenters. The summed E-state index contributed by atoms with van der Waals surface area (Å²) < 4.78 is 22.4. The van der Waals surface area contributed by atoms with Crippen molar-refractivity contribution < 1.29 is 63.3 Å². The van der Waals surface area contributed by atoms with E-state index in [0.717, 1.165) is 30.9 Å². The summed E-state index contributed by atoms with van der Waals surface area (Å²) in [6.45, 7) is 1.12. The highest BCUT2D eigenvalue weighted by molar-refractivity contribution is 5.90. The van der Waals surface area contributed by atoms with Gasteiger partial charge in [-0.3, -0.25) is 14.4 Å². The number of carbonyl (C=O) groups is 5. The van der Waals surface area contributed by atoms with Gasteiger partial charge in [0.2, 0.25) is 0 Å². The van der Waals surface area contributed by atoms with E-state index in [1.807, 2.05) is 17.4 Å². The minimum absolute atomic E-state index is 0.0258. The summed E-state index contributed by atoms with van der Waals surface area (Å²) in [5.41, 5.74) is -0.140. The Bertz CT molecular complexity index is 1400. The first-order valence-electron chi connectivity index (χ1n) is 14.0. The van der Waals surface area contributed by atoms with Crippen molar-refractivity contribution in [2.75, 3.05) is 7.11 Å². The first kappa shape index (κ1) is 30.3. The van der Waals surface area contributed by atoms with Crippen molar-refractivity contribution in [3.63, 3.8) is 0 Å². The van der Waals surface area contributed by atoms with Crippen LogP contribution in [0, 0.1) is 5.92 Å². The Hall–Kier alpha value is -4.17. The Labute approximate surface area is 245 Å². The van der Waals surface area contributed by atoms with Gasteiger partial charge in [-0.15, -0.1) is 0 Å². The van der Waals surface area contributed by atoms with Crippen molar-refractivity contribution >= 4 is 29.8 Å². The number of rotatable bonds is 11. The lowest BCUT2D eigenvalue weighted by Crippen LogP contribution is -2.67. The smallest absolute Gasteiger partial charge is 0.340 e. The van der Waals surface area contributed by atoms with Crippen LogP contribution in [0.5, 0.6) is 11.5 Å². The molecule has 232 valence electrons. The van der Waals surface area contributed by atoms with Crippen LogP contribution in [-0.2, 0) is 45.3 Å². The SMILES string of the molecule is COc1ccc2c3c1O[C@@H]1C(OC(=O)[C@@H](O)CC(=O)O[C@@H](C)C(=O)N[C@@H](CC(=O)O)C(=O)O)=CC[C@]4(O)[C@@H](CCC[C@@]314)C2. The van der Waals surface area contributed by atoms with E-state index in [-0.39, 0.29) is 18.1 Å². The lowest BCUT2D eigenvalue weighted by atomic mass is 9.47. The van der Waals surface area contributed by atoms with Crippen LogP contribution in [0.15, 0.2) is 24.0 Å². The van der Waals surface area contributed by atoms with Gasteiger partial charge in [0.25, 0.3) is 5.91 Å². The summed E-state index contributed by atoms with van der Waals surface area (Å²) in [6, 6.07) is 2.02. The highest BCUT2D eigenvalue weighted by Crippen LogP contribution is 2.67. The van der Waals surface area contributed by atoms with Crippen LogP contribution >= 0.6 is 0 Å². The second-order valence-corrected chi connectivity index (χ2v) is 11.4. The fourth-order valence-corrected chi connectivity index (χ4v) is 7.07. The van der Waals surface area contributed by atoms with Crippen LogP contribution in [0.4, 0.5) is 0 Å². The maximum atomic E-state index is 12.9. The Balaban J connectivity index is 1.26. The molecule has 7 atom stereocenters. The van der Waals surface area contributed by atoms with Gasteiger partial charge in [0.05, 0.1) is 31.0 Å². The summed E-state index contributed by atoms with van der Waals surface area (Å²) in [7, 11) is 1.51. The third-order valence-electron chi connectivity index (χ3n) is 8.99.